The predicted octanol–water partition coefficient (Wildman–Crippen LogP) is 1.76. The molecule has 0 amide bonds. The van der Waals surface area contributed by atoms with Gasteiger partial charge in [-0.1, -0.05) is 0 Å². The van der Waals surface area contributed by atoms with Crippen LogP contribution < -0.4 is 4.90 Å². The van der Waals surface area contributed by atoms with Crippen LogP contribution in [0.1, 0.15) is 17.3 Å². The van der Waals surface area contributed by atoms with Crippen LogP contribution in [0.5, 0.6) is 0 Å². The third-order valence-electron chi connectivity index (χ3n) is 4.80. The van der Waals surface area contributed by atoms with Gasteiger partial charge in [0.25, 0.3) is 0 Å². The summed E-state index contributed by atoms with van der Waals surface area (Å²) >= 11 is 0. The van der Waals surface area contributed by atoms with E-state index in [4.69, 9.17) is 4.42 Å². The largest absolute Gasteiger partial charge is 0.470 e. The lowest BCUT2D eigenvalue weighted by atomic mass is 10.0. The standard InChI is InChI=1S/C15H17F3N6O/c1-9-2-19-8-20-13(9)24-5-10-3-23(4-11(10)6-24)7-12-21-22-14(25-12)15(16,17)18/h2,8,10-11H,3-7H2,1H3. The van der Waals surface area contributed by atoms with Crippen molar-refractivity contribution in [3.8, 4) is 0 Å². The first-order valence-electron chi connectivity index (χ1n) is 8.03. The molecule has 0 bridgehead atoms. The number of aromatic nitrogens is 4. The Labute approximate surface area is 141 Å². The van der Waals surface area contributed by atoms with Crippen molar-refractivity contribution >= 4 is 5.82 Å². The van der Waals surface area contributed by atoms with E-state index in [-0.39, 0.29) is 12.4 Å². The Morgan fingerprint density at radius 3 is 2.48 bits per heavy atom. The summed E-state index contributed by atoms with van der Waals surface area (Å²) in [5.41, 5.74) is 1.05. The molecule has 2 fully saturated rings. The molecule has 0 aromatic carbocycles. The van der Waals surface area contributed by atoms with E-state index in [1.54, 1.807) is 12.5 Å². The Hall–Kier alpha value is -2.23. The molecular weight excluding hydrogens is 337 g/mol. The summed E-state index contributed by atoms with van der Waals surface area (Å²) in [5.74, 6) is 0.601. The highest BCUT2D eigenvalue weighted by molar-refractivity contribution is 5.46. The lowest BCUT2D eigenvalue weighted by Crippen LogP contribution is -2.29. The zero-order chi connectivity index (χ0) is 17.6. The minimum atomic E-state index is -4.59. The van der Waals surface area contributed by atoms with Gasteiger partial charge >= 0.3 is 12.1 Å². The number of halogens is 3. The molecule has 0 saturated carbocycles. The van der Waals surface area contributed by atoms with Crippen molar-refractivity contribution in [3.63, 3.8) is 0 Å². The Balaban J connectivity index is 1.37. The quantitative estimate of drug-likeness (QED) is 0.832. The fourth-order valence-corrected chi connectivity index (χ4v) is 3.74. The van der Waals surface area contributed by atoms with Gasteiger partial charge in [-0.3, -0.25) is 4.90 Å². The van der Waals surface area contributed by atoms with E-state index in [0.29, 0.717) is 11.8 Å². The van der Waals surface area contributed by atoms with Crippen LogP contribution in [0, 0.1) is 18.8 Å². The Bertz CT molecular complexity index is 750. The van der Waals surface area contributed by atoms with Crippen LogP contribution >= 0.6 is 0 Å². The number of rotatable bonds is 3. The molecule has 0 aliphatic carbocycles. The topological polar surface area (TPSA) is 71.2 Å². The maximum absolute atomic E-state index is 12.5. The van der Waals surface area contributed by atoms with E-state index in [0.717, 1.165) is 37.6 Å². The van der Waals surface area contributed by atoms with Gasteiger partial charge in [-0.15, -0.1) is 10.2 Å². The number of hydrogen-bond acceptors (Lipinski definition) is 7. The molecule has 25 heavy (non-hydrogen) atoms. The van der Waals surface area contributed by atoms with Crippen LogP contribution in [0.15, 0.2) is 16.9 Å². The molecule has 4 heterocycles. The minimum Gasteiger partial charge on any atom is -0.416 e. The highest BCUT2D eigenvalue weighted by Gasteiger charge is 2.42. The zero-order valence-electron chi connectivity index (χ0n) is 13.6. The molecule has 2 aromatic heterocycles. The summed E-state index contributed by atoms with van der Waals surface area (Å²) in [4.78, 5) is 12.7. The molecular formula is C15H17F3N6O. The fraction of sp³-hybridized carbons (Fsp3) is 0.600. The van der Waals surface area contributed by atoms with E-state index in [1.165, 1.54) is 0 Å². The van der Waals surface area contributed by atoms with E-state index in [1.807, 2.05) is 6.92 Å². The van der Waals surface area contributed by atoms with Crippen molar-refractivity contribution in [2.75, 3.05) is 31.1 Å². The minimum absolute atomic E-state index is 0.01000. The normalized spacial score (nSPS) is 24.1. The van der Waals surface area contributed by atoms with Gasteiger partial charge in [-0.25, -0.2) is 9.97 Å². The number of alkyl halides is 3. The van der Waals surface area contributed by atoms with Crippen LogP contribution in [-0.2, 0) is 12.7 Å². The van der Waals surface area contributed by atoms with Gasteiger partial charge in [0.05, 0.1) is 6.54 Å². The number of hydrogen-bond donors (Lipinski definition) is 0. The molecule has 134 valence electrons. The predicted molar refractivity (Wildman–Crippen MR) is 80.5 cm³/mol. The molecule has 2 atom stereocenters. The maximum atomic E-state index is 12.5. The second-order valence-electron chi connectivity index (χ2n) is 6.65. The number of fused-ring (bicyclic) bond motifs is 1. The first-order valence-corrected chi connectivity index (χ1v) is 8.03. The lowest BCUT2D eigenvalue weighted by molar-refractivity contribution is -0.157. The summed E-state index contributed by atoms with van der Waals surface area (Å²) in [6, 6.07) is 0. The number of anilines is 1. The Morgan fingerprint density at radius 2 is 1.88 bits per heavy atom. The van der Waals surface area contributed by atoms with E-state index in [2.05, 4.69) is 30.0 Å². The summed E-state index contributed by atoms with van der Waals surface area (Å²) < 4.78 is 42.3. The van der Waals surface area contributed by atoms with Crippen LogP contribution in [-0.4, -0.2) is 51.2 Å². The molecule has 0 radical (unpaired) electrons. The second kappa shape index (κ2) is 5.94. The molecule has 2 unspecified atom stereocenters. The van der Waals surface area contributed by atoms with Crippen molar-refractivity contribution < 1.29 is 17.6 Å². The first kappa shape index (κ1) is 16.2. The van der Waals surface area contributed by atoms with Crippen molar-refractivity contribution in [1.29, 1.82) is 0 Å². The van der Waals surface area contributed by atoms with Crippen LogP contribution in [0.3, 0.4) is 0 Å². The smallest absolute Gasteiger partial charge is 0.416 e. The SMILES string of the molecule is Cc1cncnc1N1CC2CN(Cc3nnc(C(F)(F)F)o3)CC2C1. The van der Waals surface area contributed by atoms with Crippen LogP contribution in [0.2, 0.25) is 0 Å². The molecule has 10 heteroatoms. The molecule has 2 aliphatic heterocycles. The monoisotopic (exact) mass is 354 g/mol. The third kappa shape index (κ3) is 3.17. The molecule has 7 nitrogen and oxygen atoms in total. The van der Waals surface area contributed by atoms with Crippen molar-refractivity contribution in [2.45, 2.75) is 19.6 Å². The van der Waals surface area contributed by atoms with Crippen LogP contribution in [0.25, 0.3) is 0 Å². The fourth-order valence-electron chi connectivity index (χ4n) is 3.74. The number of aryl methyl sites for hydroxylation is 1. The molecule has 0 N–H and O–H groups in total. The highest BCUT2D eigenvalue weighted by atomic mass is 19.4. The van der Waals surface area contributed by atoms with Gasteiger partial charge in [0.2, 0.25) is 5.89 Å². The van der Waals surface area contributed by atoms with Gasteiger partial charge in [0.15, 0.2) is 0 Å². The highest BCUT2D eigenvalue weighted by Crippen LogP contribution is 2.35. The first-order chi connectivity index (χ1) is 11.9. The van der Waals surface area contributed by atoms with E-state index < -0.39 is 12.1 Å². The van der Waals surface area contributed by atoms with Gasteiger partial charge in [0.1, 0.15) is 12.1 Å². The summed E-state index contributed by atoms with van der Waals surface area (Å²) in [7, 11) is 0. The van der Waals surface area contributed by atoms with Gasteiger partial charge < -0.3 is 9.32 Å². The van der Waals surface area contributed by atoms with Gasteiger partial charge in [0, 0.05) is 37.9 Å². The number of likely N-dealkylation sites (tertiary alicyclic amines) is 1. The van der Waals surface area contributed by atoms with Crippen molar-refractivity contribution in [2.24, 2.45) is 11.8 Å². The average Bonchev–Trinajstić information content (AvgIpc) is 3.22. The Kier molecular flexibility index (Phi) is 3.86. The third-order valence-corrected chi connectivity index (χ3v) is 4.80. The van der Waals surface area contributed by atoms with E-state index in [9.17, 15) is 13.2 Å². The molecule has 0 spiro atoms. The average molecular weight is 354 g/mol. The van der Waals surface area contributed by atoms with Crippen molar-refractivity contribution in [3.05, 3.63) is 29.9 Å². The molecule has 2 aromatic rings. The van der Waals surface area contributed by atoms with Crippen molar-refractivity contribution in [1.82, 2.24) is 25.1 Å². The zero-order valence-corrected chi connectivity index (χ0v) is 13.6. The summed E-state index contributed by atoms with van der Waals surface area (Å²) in [5, 5.41) is 6.58. The molecule has 4 rings (SSSR count). The van der Waals surface area contributed by atoms with Gasteiger partial charge in [-0.05, 0) is 18.8 Å². The lowest BCUT2D eigenvalue weighted by Gasteiger charge is -2.22. The van der Waals surface area contributed by atoms with E-state index >= 15 is 0 Å². The molecule has 2 aliphatic rings. The molecule has 2 saturated heterocycles. The Morgan fingerprint density at radius 1 is 1.16 bits per heavy atom. The van der Waals surface area contributed by atoms with Crippen LogP contribution in [0.4, 0.5) is 19.0 Å². The number of nitrogens with zero attached hydrogens (tertiary/aromatic N) is 6. The summed E-state index contributed by atoms with van der Waals surface area (Å²) in [6.45, 7) is 5.61. The van der Waals surface area contributed by atoms with Gasteiger partial charge in [-0.2, -0.15) is 13.2 Å². The summed E-state index contributed by atoms with van der Waals surface area (Å²) in [6.07, 6.45) is -1.24. The maximum Gasteiger partial charge on any atom is 0.470 e. The second-order valence-corrected chi connectivity index (χ2v) is 6.65.